The number of anilines is 1. The maximum atomic E-state index is 12.1. The van der Waals surface area contributed by atoms with Crippen molar-refractivity contribution in [3.05, 3.63) is 36.5 Å². The Morgan fingerprint density at radius 2 is 2.25 bits per heavy atom. The van der Waals surface area contributed by atoms with Crippen LogP contribution < -0.4 is 11.1 Å². The van der Waals surface area contributed by atoms with E-state index in [2.05, 4.69) is 15.5 Å². The number of aromatic nitrogens is 2. The van der Waals surface area contributed by atoms with Gasteiger partial charge < -0.3 is 11.1 Å². The fraction of sp³-hybridized carbons (Fsp3) is 0.333. The highest BCUT2D eigenvalue weighted by molar-refractivity contribution is 5.95. The fourth-order valence-electron chi connectivity index (χ4n) is 1.92. The Balaban J connectivity index is 2.10. The quantitative estimate of drug-likeness (QED) is 0.781. The zero-order valence-electron chi connectivity index (χ0n) is 11.8. The number of aromatic amines is 1. The van der Waals surface area contributed by atoms with E-state index in [9.17, 15) is 4.79 Å². The first-order chi connectivity index (χ1) is 9.61. The van der Waals surface area contributed by atoms with Crippen LogP contribution in [0.25, 0.3) is 11.3 Å². The number of amides is 1. The number of carbonyl (C=O) groups excluding carboxylic acids is 1. The van der Waals surface area contributed by atoms with Crippen LogP contribution >= 0.6 is 0 Å². The van der Waals surface area contributed by atoms with E-state index in [4.69, 9.17) is 5.73 Å². The van der Waals surface area contributed by atoms with Crippen LogP contribution in [0.4, 0.5) is 5.69 Å². The molecule has 2 atom stereocenters. The second kappa shape index (κ2) is 6.34. The topological polar surface area (TPSA) is 83.8 Å². The van der Waals surface area contributed by atoms with E-state index in [0.29, 0.717) is 0 Å². The van der Waals surface area contributed by atoms with Crippen LogP contribution in [0.2, 0.25) is 0 Å². The largest absolute Gasteiger partial charge is 0.325 e. The number of benzene rings is 1. The number of carbonyl (C=O) groups is 1. The lowest BCUT2D eigenvalue weighted by atomic mass is 9.99. The number of H-pyrrole nitrogens is 1. The molecule has 1 aromatic carbocycles. The summed E-state index contributed by atoms with van der Waals surface area (Å²) in [5.41, 5.74) is 8.54. The van der Waals surface area contributed by atoms with Gasteiger partial charge in [0.05, 0.1) is 11.7 Å². The number of nitrogens with two attached hydrogens (primary N) is 1. The normalized spacial score (nSPS) is 13.8. The number of nitrogens with zero attached hydrogens (tertiary/aromatic N) is 1. The summed E-state index contributed by atoms with van der Waals surface area (Å²) in [5, 5.41) is 9.68. The third-order valence-corrected chi connectivity index (χ3v) is 3.50. The van der Waals surface area contributed by atoms with E-state index in [1.807, 2.05) is 44.2 Å². The van der Waals surface area contributed by atoms with Crippen molar-refractivity contribution in [1.29, 1.82) is 0 Å². The van der Waals surface area contributed by atoms with E-state index >= 15 is 0 Å². The zero-order chi connectivity index (χ0) is 14.5. The van der Waals surface area contributed by atoms with Gasteiger partial charge in [0.1, 0.15) is 0 Å². The maximum absolute atomic E-state index is 12.1. The van der Waals surface area contributed by atoms with E-state index in [1.54, 1.807) is 6.20 Å². The fourth-order valence-corrected chi connectivity index (χ4v) is 1.92. The van der Waals surface area contributed by atoms with Crippen LogP contribution in [0.3, 0.4) is 0 Å². The first-order valence-corrected chi connectivity index (χ1v) is 6.78. The first kappa shape index (κ1) is 14.3. The molecule has 0 aliphatic heterocycles. The molecule has 2 unspecified atom stereocenters. The smallest absolute Gasteiger partial charge is 0.241 e. The molecule has 0 saturated carbocycles. The monoisotopic (exact) mass is 272 g/mol. The van der Waals surface area contributed by atoms with Crippen molar-refractivity contribution < 1.29 is 4.79 Å². The molecule has 0 spiro atoms. The SMILES string of the molecule is CCC(C)C(N)C(=O)Nc1cccc(-c2ccn[nH]2)c1. The average Bonchev–Trinajstić information content (AvgIpc) is 3.00. The summed E-state index contributed by atoms with van der Waals surface area (Å²) in [6.07, 6.45) is 2.57. The Morgan fingerprint density at radius 3 is 2.90 bits per heavy atom. The summed E-state index contributed by atoms with van der Waals surface area (Å²) < 4.78 is 0. The Kier molecular flexibility index (Phi) is 4.53. The molecule has 4 N–H and O–H groups in total. The van der Waals surface area contributed by atoms with Crippen molar-refractivity contribution in [1.82, 2.24) is 10.2 Å². The van der Waals surface area contributed by atoms with Crippen LogP contribution in [-0.4, -0.2) is 22.1 Å². The molecule has 1 aromatic heterocycles. The molecular formula is C15H20N4O. The second-order valence-electron chi connectivity index (χ2n) is 4.95. The summed E-state index contributed by atoms with van der Waals surface area (Å²) in [6.45, 7) is 4.00. The molecule has 2 rings (SSSR count). The molecular weight excluding hydrogens is 252 g/mol. The third-order valence-electron chi connectivity index (χ3n) is 3.50. The third kappa shape index (κ3) is 3.24. The van der Waals surface area contributed by atoms with Crippen LogP contribution in [0.15, 0.2) is 36.5 Å². The van der Waals surface area contributed by atoms with Crippen LogP contribution in [0, 0.1) is 5.92 Å². The zero-order valence-corrected chi connectivity index (χ0v) is 11.8. The van der Waals surface area contributed by atoms with Gasteiger partial charge in [-0.2, -0.15) is 5.10 Å². The molecule has 0 fully saturated rings. The molecule has 5 nitrogen and oxygen atoms in total. The van der Waals surface area contributed by atoms with E-state index in [-0.39, 0.29) is 11.8 Å². The summed E-state index contributed by atoms with van der Waals surface area (Å²) >= 11 is 0. The number of nitrogens with one attached hydrogen (secondary N) is 2. The van der Waals surface area contributed by atoms with Crippen molar-refractivity contribution in [2.75, 3.05) is 5.32 Å². The minimum absolute atomic E-state index is 0.152. The van der Waals surface area contributed by atoms with Gasteiger partial charge >= 0.3 is 0 Å². The van der Waals surface area contributed by atoms with Gasteiger partial charge in [0.15, 0.2) is 0 Å². The van der Waals surface area contributed by atoms with Gasteiger partial charge in [0, 0.05) is 17.4 Å². The van der Waals surface area contributed by atoms with Gasteiger partial charge in [0.25, 0.3) is 0 Å². The molecule has 0 aliphatic rings. The van der Waals surface area contributed by atoms with Gasteiger partial charge in [0.2, 0.25) is 5.91 Å². The summed E-state index contributed by atoms with van der Waals surface area (Å²) in [5.74, 6) is 0.00639. The molecule has 5 heteroatoms. The van der Waals surface area contributed by atoms with Crippen LogP contribution in [-0.2, 0) is 4.79 Å². The molecule has 0 saturated heterocycles. The highest BCUT2D eigenvalue weighted by Gasteiger charge is 2.19. The molecule has 0 radical (unpaired) electrons. The molecule has 0 aliphatic carbocycles. The van der Waals surface area contributed by atoms with Crippen molar-refractivity contribution in [3.63, 3.8) is 0 Å². The standard InChI is InChI=1S/C15H20N4O/c1-3-10(2)14(16)15(20)18-12-6-4-5-11(9-12)13-7-8-17-19-13/h4-10,14H,3,16H2,1-2H3,(H,17,19)(H,18,20). The molecule has 0 bridgehead atoms. The lowest BCUT2D eigenvalue weighted by molar-refractivity contribution is -0.118. The van der Waals surface area contributed by atoms with E-state index < -0.39 is 6.04 Å². The highest BCUT2D eigenvalue weighted by atomic mass is 16.2. The Bertz CT molecular complexity index is 565. The molecule has 1 heterocycles. The van der Waals surface area contributed by atoms with Crippen LogP contribution in [0.1, 0.15) is 20.3 Å². The van der Waals surface area contributed by atoms with E-state index in [0.717, 1.165) is 23.4 Å². The van der Waals surface area contributed by atoms with Crippen molar-refractivity contribution in [2.45, 2.75) is 26.3 Å². The highest BCUT2D eigenvalue weighted by Crippen LogP contribution is 2.20. The van der Waals surface area contributed by atoms with Gasteiger partial charge in [-0.25, -0.2) is 0 Å². The van der Waals surface area contributed by atoms with Crippen LogP contribution in [0.5, 0.6) is 0 Å². The van der Waals surface area contributed by atoms with Gasteiger partial charge in [-0.3, -0.25) is 9.89 Å². The predicted octanol–water partition coefficient (Wildman–Crippen LogP) is 2.39. The second-order valence-corrected chi connectivity index (χ2v) is 4.95. The average molecular weight is 272 g/mol. The molecule has 1 amide bonds. The minimum atomic E-state index is -0.490. The lowest BCUT2D eigenvalue weighted by Gasteiger charge is -2.17. The Hall–Kier alpha value is -2.14. The molecule has 2 aromatic rings. The first-order valence-electron chi connectivity index (χ1n) is 6.78. The molecule has 20 heavy (non-hydrogen) atoms. The number of rotatable bonds is 5. The molecule has 106 valence electrons. The van der Waals surface area contributed by atoms with Crippen molar-refractivity contribution >= 4 is 11.6 Å². The maximum Gasteiger partial charge on any atom is 0.241 e. The van der Waals surface area contributed by atoms with Crippen molar-refractivity contribution in [2.24, 2.45) is 11.7 Å². The van der Waals surface area contributed by atoms with E-state index in [1.165, 1.54) is 0 Å². The number of hydrogen-bond donors (Lipinski definition) is 3. The number of hydrogen-bond acceptors (Lipinski definition) is 3. The van der Waals surface area contributed by atoms with Gasteiger partial charge in [-0.15, -0.1) is 0 Å². The predicted molar refractivity (Wildman–Crippen MR) is 80.1 cm³/mol. The minimum Gasteiger partial charge on any atom is -0.325 e. The Morgan fingerprint density at radius 1 is 1.45 bits per heavy atom. The Labute approximate surface area is 118 Å². The summed E-state index contributed by atoms with van der Waals surface area (Å²) in [4.78, 5) is 12.1. The van der Waals surface area contributed by atoms with Gasteiger partial charge in [-0.05, 0) is 24.1 Å². The lowest BCUT2D eigenvalue weighted by Crippen LogP contribution is -2.40. The summed E-state index contributed by atoms with van der Waals surface area (Å²) in [7, 11) is 0. The summed E-state index contributed by atoms with van der Waals surface area (Å²) in [6, 6.07) is 8.98. The van der Waals surface area contributed by atoms with Gasteiger partial charge in [-0.1, -0.05) is 32.4 Å². The van der Waals surface area contributed by atoms with Crippen molar-refractivity contribution in [3.8, 4) is 11.3 Å².